The van der Waals surface area contributed by atoms with Gasteiger partial charge in [-0.15, -0.1) is 6.92 Å². The Morgan fingerprint density at radius 2 is 0.692 bits per heavy atom. The van der Waals surface area contributed by atoms with E-state index in [1.807, 2.05) is 0 Å². The fourth-order valence-electron chi connectivity index (χ4n) is 9.78. The Balaban J connectivity index is 0.00000281. The minimum atomic E-state index is -3.00. The summed E-state index contributed by atoms with van der Waals surface area (Å²) in [6.07, 6.45) is 6.91. The van der Waals surface area contributed by atoms with Gasteiger partial charge in [-0.1, -0.05) is 234 Å². The van der Waals surface area contributed by atoms with Crippen LogP contribution in [0.5, 0.6) is 0 Å². The molecule has 5 heteroatoms. The maximum Gasteiger partial charge on any atom is 4.00 e. The van der Waals surface area contributed by atoms with Crippen molar-refractivity contribution in [3.63, 3.8) is 0 Å². The van der Waals surface area contributed by atoms with E-state index in [2.05, 4.69) is 242 Å². The first-order valence-electron chi connectivity index (χ1n) is 22.5. The predicted molar refractivity (Wildman–Crippen MR) is 267 cm³/mol. The zero-order valence-electron chi connectivity index (χ0n) is 41.1. The topological polar surface area (TPSA) is 0 Å². The molecule has 0 amide bonds. The van der Waals surface area contributed by atoms with Gasteiger partial charge in [-0.05, 0) is 101 Å². The Morgan fingerprint density at radius 3 is 0.923 bits per heavy atom. The second-order valence-corrected chi connectivity index (χ2v) is 25.6. The van der Waals surface area contributed by atoms with Crippen molar-refractivity contribution in [3.05, 3.63) is 218 Å². The molecule has 0 bridgehead atoms. The summed E-state index contributed by atoms with van der Waals surface area (Å²) in [4.78, 5) is 0. The first-order chi connectivity index (χ1) is 28.7. The van der Waals surface area contributed by atoms with Crippen molar-refractivity contribution in [3.8, 4) is 0 Å². The van der Waals surface area contributed by atoms with Crippen molar-refractivity contribution in [2.24, 2.45) is 0 Å². The average molecular weight is 973 g/mol. The zero-order valence-corrected chi connectivity index (χ0v) is 45.9. The Labute approximate surface area is 428 Å². The van der Waals surface area contributed by atoms with E-state index < -0.39 is 8.07 Å². The minimum absolute atomic E-state index is 0. The number of halogens is 3. The van der Waals surface area contributed by atoms with Crippen LogP contribution in [0.15, 0.2) is 162 Å². The van der Waals surface area contributed by atoms with Crippen LogP contribution in [0.1, 0.15) is 140 Å². The maximum atomic E-state index is 4.24. The molecular weight excluding hydrogens is 903 g/mol. The smallest absolute Gasteiger partial charge is 1.00 e. The van der Waals surface area contributed by atoms with Crippen molar-refractivity contribution >= 4 is 23.6 Å². The van der Waals surface area contributed by atoms with Crippen LogP contribution in [0.2, 0.25) is 5.04 Å². The largest absolute Gasteiger partial charge is 4.00 e. The second kappa shape index (κ2) is 21.7. The maximum absolute atomic E-state index is 4.24. The van der Waals surface area contributed by atoms with Crippen molar-refractivity contribution in [2.75, 3.05) is 0 Å². The Hall–Kier alpha value is -3.40. The van der Waals surface area contributed by atoms with Gasteiger partial charge in [-0.25, -0.2) is 5.57 Å². The summed E-state index contributed by atoms with van der Waals surface area (Å²) in [7, 11) is -3.00. The van der Waals surface area contributed by atoms with Gasteiger partial charge in [-0.2, -0.15) is 11.1 Å². The summed E-state index contributed by atoms with van der Waals surface area (Å²) in [5.74, 6) is 0. The summed E-state index contributed by atoms with van der Waals surface area (Å²) in [5, 5.41) is 3.97. The molecule has 7 rings (SSSR count). The summed E-state index contributed by atoms with van der Waals surface area (Å²) < 4.78 is 0. The third kappa shape index (κ3) is 11.8. The number of allylic oxidation sites excluding steroid dienone is 4. The average Bonchev–Trinajstić information content (AvgIpc) is 3.40. The van der Waals surface area contributed by atoms with Gasteiger partial charge in [-0.3, -0.25) is 6.08 Å². The predicted octanol–water partition coefficient (Wildman–Crippen LogP) is 4.69. The van der Waals surface area contributed by atoms with Crippen LogP contribution in [-0.2, 0) is 57.2 Å². The molecule has 1 aliphatic rings. The molecular formula is C60H69Cl3SiTi. The molecule has 338 valence electrons. The van der Waals surface area contributed by atoms with E-state index in [4.69, 9.17) is 0 Å². The molecule has 0 spiro atoms. The molecule has 0 fully saturated rings. The van der Waals surface area contributed by atoms with Gasteiger partial charge in [0.1, 0.15) is 8.07 Å². The van der Waals surface area contributed by atoms with E-state index in [1.165, 1.54) is 82.4 Å². The van der Waals surface area contributed by atoms with E-state index in [-0.39, 0.29) is 80.2 Å². The minimum Gasteiger partial charge on any atom is -1.00 e. The van der Waals surface area contributed by atoms with Crippen molar-refractivity contribution in [2.45, 2.75) is 131 Å². The van der Waals surface area contributed by atoms with Gasteiger partial charge in [0.2, 0.25) is 0 Å². The molecule has 6 aromatic carbocycles. The van der Waals surface area contributed by atoms with Gasteiger partial charge < -0.3 is 37.2 Å². The Bertz CT molecular complexity index is 2330. The molecule has 0 radical (unpaired) electrons. The monoisotopic (exact) mass is 970 g/mol. The number of rotatable bonds is 10. The molecule has 65 heavy (non-hydrogen) atoms. The molecule has 6 aromatic rings. The number of benzene rings is 6. The Morgan fingerprint density at radius 1 is 0.415 bits per heavy atom. The van der Waals surface area contributed by atoms with Crippen LogP contribution in [-0.4, -0.2) is 8.07 Å². The van der Waals surface area contributed by atoms with E-state index in [0.29, 0.717) is 0 Å². The van der Waals surface area contributed by atoms with Crippen LogP contribution in [0.3, 0.4) is 0 Å². The number of hydrogen-bond acceptors (Lipinski definition) is 0. The first-order valence-corrected chi connectivity index (χ1v) is 24.5. The van der Waals surface area contributed by atoms with Gasteiger partial charge >= 0.3 is 21.7 Å². The van der Waals surface area contributed by atoms with Crippen LogP contribution in [0, 0.1) is 6.08 Å². The molecule has 0 N–H and O–H groups in total. The van der Waals surface area contributed by atoms with Crippen LogP contribution in [0.4, 0.5) is 0 Å². The molecule has 0 saturated carbocycles. The summed E-state index contributed by atoms with van der Waals surface area (Å²) >= 11 is 0. The standard InChI is InChI=1S/C60H69Si.3ClH.Ti/c1-42-41-60(13,44(3)43(42)2)61(54-20-14-17-48(38-54)35-45-23-29-51(30-24-45)57(4,5)6,55-21-15-18-49(39-55)36-46-25-31-52(32-26-46)58(7,8)9)56-22-16-19-50(40-56)37-47-27-33-53(34-28-47)59(10,11)12;;;;/h14-34,38-40H,35-37H2,1-13H3;3*1H;/q-1;;;;+4/p-3. The molecule has 0 nitrogen and oxygen atoms in total. The van der Waals surface area contributed by atoms with Gasteiger partial charge in [0.15, 0.2) is 0 Å². The van der Waals surface area contributed by atoms with Crippen LogP contribution >= 0.6 is 0 Å². The van der Waals surface area contributed by atoms with Crippen molar-refractivity contribution < 1.29 is 58.9 Å². The van der Waals surface area contributed by atoms with Crippen LogP contribution in [0.25, 0.3) is 0 Å². The molecule has 0 saturated heterocycles. The third-order valence-electron chi connectivity index (χ3n) is 13.8. The molecule has 0 heterocycles. The van der Waals surface area contributed by atoms with E-state index in [9.17, 15) is 0 Å². The van der Waals surface area contributed by atoms with Crippen molar-refractivity contribution in [1.82, 2.24) is 0 Å². The summed E-state index contributed by atoms with van der Waals surface area (Å²) in [5.41, 5.74) is 16.7. The first kappa shape index (κ1) is 55.9. The van der Waals surface area contributed by atoms with Gasteiger partial charge in [0.05, 0.1) is 0 Å². The molecule has 0 aromatic heterocycles. The molecule has 1 aliphatic carbocycles. The normalized spacial score (nSPS) is 15.2. The van der Waals surface area contributed by atoms with E-state index >= 15 is 0 Å². The fraction of sp³-hybridized carbons (Fsp3) is 0.333. The quantitative estimate of drug-likeness (QED) is 0.106. The van der Waals surface area contributed by atoms with E-state index in [1.54, 1.807) is 0 Å². The molecule has 1 atom stereocenters. The van der Waals surface area contributed by atoms with Crippen molar-refractivity contribution in [1.29, 1.82) is 0 Å². The summed E-state index contributed by atoms with van der Waals surface area (Å²) in [6, 6.07) is 57.0. The third-order valence-corrected chi connectivity index (χ3v) is 19.4. The second-order valence-electron chi connectivity index (χ2n) is 21.3. The fourth-order valence-corrected chi connectivity index (χ4v) is 15.9. The van der Waals surface area contributed by atoms with Gasteiger partial charge in [0, 0.05) is 0 Å². The zero-order chi connectivity index (χ0) is 44.0. The molecule has 0 aliphatic heterocycles. The van der Waals surface area contributed by atoms with Gasteiger partial charge in [0.25, 0.3) is 0 Å². The Kier molecular flexibility index (Phi) is 18.7. The van der Waals surface area contributed by atoms with E-state index in [0.717, 1.165) is 19.3 Å². The van der Waals surface area contributed by atoms with Crippen LogP contribution < -0.4 is 52.8 Å². The number of hydrogen-bond donors (Lipinski definition) is 0. The summed E-state index contributed by atoms with van der Waals surface area (Å²) in [6.45, 7) is 30.1. The SMILES string of the molecule is CC1=[C-]C(C)([Si](c2cccc(Cc3ccc(C(C)(C)C)cc3)c2)(c2cccc(Cc3ccc(C(C)(C)C)cc3)c2)c2cccc(Cc3ccc(C(C)(C)C)cc3)c2)C(C)=C1C.[Cl-].[Cl-].[Cl-].[Ti+4]. The molecule has 1 unspecified atom stereocenters.